The van der Waals surface area contributed by atoms with Crippen LogP contribution in [0.25, 0.3) is 0 Å². The first-order chi connectivity index (χ1) is 8.74. The molecule has 0 aliphatic carbocycles. The number of ketones is 1. The van der Waals surface area contributed by atoms with Crippen LogP contribution < -0.4 is 0 Å². The van der Waals surface area contributed by atoms with Crippen molar-refractivity contribution in [3.63, 3.8) is 0 Å². The van der Waals surface area contributed by atoms with Gasteiger partial charge in [0.05, 0.1) is 10.3 Å². The molecule has 0 fully saturated rings. The average Bonchev–Trinajstić information content (AvgIpc) is 2.78. The first-order valence-corrected chi connectivity index (χ1v) is 6.49. The van der Waals surface area contributed by atoms with Gasteiger partial charge in [-0.05, 0) is 39.7 Å². The second-order valence-corrected chi connectivity index (χ2v) is 5.12. The van der Waals surface area contributed by atoms with E-state index in [4.69, 9.17) is 0 Å². The van der Waals surface area contributed by atoms with E-state index in [1.165, 1.54) is 0 Å². The van der Waals surface area contributed by atoms with Crippen molar-refractivity contribution in [3.8, 4) is 0 Å². The highest BCUT2D eigenvalue weighted by Gasteiger charge is 2.15. The minimum Gasteiger partial charge on any atom is -0.289 e. The lowest BCUT2D eigenvalue weighted by Gasteiger charge is -2.03. The number of benzene rings is 2. The van der Waals surface area contributed by atoms with Crippen molar-refractivity contribution in [2.45, 2.75) is 6.42 Å². The summed E-state index contributed by atoms with van der Waals surface area (Å²) < 4.78 is 0.918. The predicted molar refractivity (Wildman–Crippen MR) is 76.0 cm³/mol. The highest BCUT2D eigenvalue weighted by molar-refractivity contribution is 9.18. The van der Waals surface area contributed by atoms with Crippen LogP contribution in [0.4, 0.5) is 5.69 Å². The third-order valence-electron chi connectivity index (χ3n) is 2.96. The van der Waals surface area contributed by atoms with Gasteiger partial charge in [0.15, 0.2) is 5.78 Å². The fourth-order valence-corrected chi connectivity index (χ4v) is 2.55. The molecule has 1 aliphatic heterocycles. The third kappa shape index (κ3) is 2.02. The third-order valence-corrected chi connectivity index (χ3v) is 3.41. The first kappa shape index (κ1) is 11.4. The Kier molecular flexibility index (Phi) is 2.84. The van der Waals surface area contributed by atoms with Crippen LogP contribution >= 0.6 is 15.9 Å². The highest BCUT2D eigenvalue weighted by atomic mass is 79.9. The van der Waals surface area contributed by atoms with Gasteiger partial charge in [-0.1, -0.05) is 30.3 Å². The normalized spacial score (nSPS) is 13.1. The van der Waals surface area contributed by atoms with Crippen molar-refractivity contribution < 1.29 is 4.79 Å². The quantitative estimate of drug-likeness (QED) is 0.773. The first-order valence-electron chi connectivity index (χ1n) is 5.70. The van der Waals surface area contributed by atoms with E-state index >= 15 is 0 Å². The second-order valence-electron chi connectivity index (χ2n) is 4.20. The number of hydrogen-bond acceptors (Lipinski definition) is 2. The minimum absolute atomic E-state index is 0.0569. The second kappa shape index (κ2) is 4.50. The molecule has 0 radical (unpaired) electrons. The van der Waals surface area contributed by atoms with Gasteiger partial charge in [-0.15, -0.1) is 0 Å². The molecule has 0 N–H and O–H groups in total. The summed E-state index contributed by atoms with van der Waals surface area (Å²) in [5.74, 6) is 0.0569. The molecule has 0 atom stereocenters. The van der Waals surface area contributed by atoms with Crippen molar-refractivity contribution in [2.75, 3.05) is 0 Å². The summed E-state index contributed by atoms with van der Waals surface area (Å²) in [6, 6.07) is 15.0. The molecule has 0 bridgehead atoms. The van der Waals surface area contributed by atoms with E-state index in [9.17, 15) is 4.79 Å². The molecular formula is C15H10BrNO. The molecule has 0 amide bonds. The number of carbonyl (C=O) groups excluding carboxylic acids is 1. The summed E-state index contributed by atoms with van der Waals surface area (Å²) in [4.78, 5) is 16.6. The van der Waals surface area contributed by atoms with E-state index in [0.717, 1.165) is 33.4 Å². The Labute approximate surface area is 114 Å². The molecule has 3 heteroatoms. The van der Waals surface area contributed by atoms with Crippen LogP contribution in [0.2, 0.25) is 0 Å². The summed E-state index contributed by atoms with van der Waals surface area (Å²) in [7, 11) is 0. The van der Waals surface area contributed by atoms with Crippen LogP contribution in [0.5, 0.6) is 0 Å². The molecule has 0 unspecified atom stereocenters. The molecule has 0 spiro atoms. The monoisotopic (exact) mass is 299 g/mol. The fourth-order valence-electron chi connectivity index (χ4n) is 2.06. The Balaban J connectivity index is 1.96. The van der Waals surface area contributed by atoms with Crippen molar-refractivity contribution in [2.24, 2.45) is 4.99 Å². The van der Waals surface area contributed by atoms with Gasteiger partial charge in [-0.2, -0.15) is 0 Å². The lowest BCUT2D eigenvalue weighted by atomic mass is 10.0. The van der Waals surface area contributed by atoms with Crippen LogP contribution in [-0.2, 0) is 6.42 Å². The Morgan fingerprint density at radius 3 is 2.61 bits per heavy atom. The molecule has 18 heavy (non-hydrogen) atoms. The zero-order valence-corrected chi connectivity index (χ0v) is 11.1. The average molecular weight is 300 g/mol. The van der Waals surface area contributed by atoms with E-state index in [-0.39, 0.29) is 5.78 Å². The molecular weight excluding hydrogens is 290 g/mol. The highest BCUT2D eigenvalue weighted by Crippen LogP contribution is 2.29. The molecule has 2 aromatic carbocycles. The summed E-state index contributed by atoms with van der Waals surface area (Å²) in [5.41, 5.74) is 3.49. The van der Waals surface area contributed by atoms with Crippen molar-refractivity contribution in [1.29, 1.82) is 0 Å². The van der Waals surface area contributed by atoms with Gasteiger partial charge in [0.25, 0.3) is 0 Å². The van der Waals surface area contributed by atoms with Gasteiger partial charge in [0.2, 0.25) is 0 Å². The predicted octanol–water partition coefficient (Wildman–Crippen LogP) is 3.90. The van der Waals surface area contributed by atoms with E-state index < -0.39 is 0 Å². The van der Waals surface area contributed by atoms with Crippen molar-refractivity contribution >= 4 is 32.0 Å². The summed E-state index contributed by atoms with van der Waals surface area (Å²) in [5, 5.41) is 0. The Morgan fingerprint density at radius 2 is 1.83 bits per heavy atom. The molecule has 2 aromatic rings. The molecule has 2 nitrogen and oxygen atoms in total. The zero-order chi connectivity index (χ0) is 12.5. The van der Waals surface area contributed by atoms with Crippen LogP contribution in [-0.4, -0.2) is 10.4 Å². The smallest absolute Gasteiger partial charge is 0.193 e. The maximum atomic E-state index is 12.3. The van der Waals surface area contributed by atoms with E-state index in [1.807, 2.05) is 48.5 Å². The molecule has 1 aliphatic rings. The Hall–Kier alpha value is -1.74. The van der Waals surface area contributed by atoms with Crippen LogP contribution in [0.15, 0.2) is 53.5 Å². The lowest BCUT2D eigenvalue weighted by Crippen LogP contribution is -2.01. The molecule has 0 saturated carbocycles. The SMILES string of the molecule is O=C(c1ccccc1)c1ccc2c(c1)CC(Br)=N2. The summed E-state index contributed by atoms with van der Waals surface area (Å²) in [6.07, 6.45) is 0.769. The minimum atomic E-state index is 0.0569. The van der Waals surface area contributed by atoms with E-state index in [2.05, 4.69) is 20.9 Å². The van der Waals surface area contributed by atoms with Crippen LogP contribution in [0, 0.1) is 0 Å². The Morgan fingerprint density at radius 1 is 1.06 bits per heavy atom. The van der Waals surface area contributed by atoms with Gasteiger partial charge in [0.1, 0.15) is 0 Å². The number of halogens is 1. The van der Waals surface area contributed by atoms with E-state index in [1.54, 1.807) is 0 Å². The maximum Gasteiger partial charge on any atom is 0.193 e. The van der Waals surface area contributed by atoms with Crippen molar-refractivity contribution in [3.05, 3.63) is 65.2 Å². The molecule has 0 saturated heterocycles. The van der Waals surface area contributed by atoms with E-state index in [0.29, 0.717) is 0 Å². The number of aliphatic imine (C=N–C) groups is 1. The lowest BCUT2D eigenvalue weighted by molar-refractivity contribution is 0.103. The van der Waals surface area contributed by atoms with Gasteiger partial charge in [-0.3, -0.25) is 4.79 Å². The topological polar surface area (TPSA) is 29.4 Å². The molecule has 88 valence electrons. The summed E-state index contributed by atoms with van der Waals surface area (Å²) in [6.45, 7) is 0. The fraction of sp³-hybridized carbons (Fsp3) is 0.0667. The van der Waals surface area contributed by atoms with Gasteiger partial charge in [0, 0.05) is 17.5 Å². The Bertz CT molecular complexity index is 647. The standard InChI is InChI=1S/C15H10BrNO/c16-14-9-12-8-11(6-7-13(12)17-14)15(18)10-4-2-1-3-5-10/h1-8H,9H2. The largest absolute Gasteiger partial charge is 0.289 e. The van der Waals surface area contributed by atoms with Gasteiger partial charge in [-0.25, -0.2) is 4.99 Å². The summed E-state index contributed by atoms with van der Waals surface area (Å²) >= 11 is 3.39. The maximum absolute atomic E-state index is 12.3. The van der Waals surface area contributed by atoms with Gasteiger partial charge >= 0.3 is 0 Å². The zero-order valence-electron chi connectivity index (χ0n) is 9.56. The van der Waals surface area contributed by atoms with Crippen molar-refractivity contribution in [1.82, 2.24) is 0 Å². The number of nitrogens with zero attached hydrogens (tertiary/aromatic N) is 1. The van der Waals surface area contributed by atoms with Crippen LogP contribution in [0.1, 0.15) is 21.5 Å². The van der Waals surface area contributed by atoms with Gasteiger partial charge < -0.3 is 0 Å². The molecule has 3 rings (SSSR count). The number of carbonyl (C=O) groups is 1. The molecule has 0 aromatic heterocycles. The number of fused-ring (bicyclic) bond motifs is 1. The number of hydrogen-bond donors (Lipinski definition) is 0. The number of rotatable bonds is 2. The van der Waals surface area contributed by atoms with Crippen LogP contribution in [0.3, 0.4) is 0 Å². The molecule has 1 heterocycles.